The maximum absolute atomic E-state index is 13.4. The summed E-state index contributed by atoms with van der Waals surface area (Å²) >= 11 is 0. The lowest BCUT2D eigenvalue weighted by Crippen LogP contribution is -2.25. The normalized spacial score (nSPS) is 17.9. The van der Waals surface area contributed by atoms with Gasteiger partial charge in [0, 0.05) is 12.5 Å². The fourth-order valence-corrected chi connectivity index (χ4v) is 2.03. The van der Waals surface area contributed by atoms with Crippen LogP contribution in [0.1, 0.15) is 30.9 Å². The summed E-state index contributed by atoms with van der Waals surface area (Å²) in [6.45, 7) is 0.879. The molecule has 0 spiro atoms. The van der Waals surface area contributed by atoms with Crippen LogP contribution in [0.2, 0.25) is 0 Å². The molecule has 0 unspecified atom stereocenters. The Kier molecular flexibility index (Phi) is 2.86. The first kappa shape index (κ1) is 12.3. The minimum atomic E-state index is -2.90. The van der Waals surface area contributed by atoms with E-state index in [0.717, 1.165) is 25.3 Å². The van der Waals surface area contributed by atoms with E-state index in [4.69, 9.17) is 10.5 Å². The smallest absolute Gasteiger partial charge is 0.274 e. The van der Waals surface area contributed by atoms with Crippen LogP contribution in [0.25, 0.3) is 0 Å². The van der Waals surface area contributed by atoms with Crippen molar-refractivity contribution in [3.05, 3.63) is 29.3 Å². The van der Waals surface area contributed by atoms with E-state index in [1.165, 1.54) is 13.2 Å². The molecule has 2 N–H and O–H groups in total. The van der Waals surface area contributed by atoms with Gasteiger partial charge in [-0.15, -0.1) is 0 Å². The Bertz CT molecular complexity index is 422. The molecule has 0 atom stereocenters. The zero-order valence-electron chi connectivity index (χ0n) is 10.1. The van der Waals surface area contributed by atoms with Crippen molar-refractivity contribution in [2.24, 2.45) is 5.73 Å². The number of rotatable bonds is 4. The van der Waals surface area contributed by atoms with E-state index in [1.807, 2.05) is 0 Å². The number of alkyl halides is 2. The third-order valence-electron chi connectivity index (χ3n) is 3.21. The van der Waals surface area contributed by atoms with Gasteiger partial charge in [-0.05, 0) is 30.9 Å². The molecule has 0 bridgehead atoms. The topological polar surface area (TPSA) is 35.2 Å². The Morgan fingerprint density at radius 1 is 1.41 bits per heavy atom. The molecule has 4 heteroatoms. The maximum Gasteiger partial charge on any atom is 0.274 e. The predicted molar refractivity (Wildman–Crippen MR) is 62.4 cm³/mol. The summed E-state index contributed by atoms with van der Waals surface area (Å²) in [7, 11) is 1.42. The average Bonchev–Trinajstić information content (AvgIpc) is 2.94. The highest BCUT2D eigenvalue weighted by Crippen LogP contribution is 2.41. The average molecular weight is 241 g/mol. The Morgan fingerprint density at radius 2 is 2.06 bits per heavy atom. The SMILES string of the molecule is COc1c(CC2(N)CC2)cccc1C(C)(F)F. The molecule has 0 radical (unpaired) electrons. The molecular weight excluding hydrogens is 224 g/mol. The Labute approximate surface area is 99.8 Å². The molecule has 17 heavy (non-hydrogen) atoms. The second-order valence-electron chi connectivity index (χ2n) is 4.93. The molecular formula is C13H17F2NO. The molecule has 1 aliphatic rings. The number of hydrogen-bond donors (Lipinski definition) is 1. The highest BCUT2D eigenvalue weighted by Gasteiger charge is 2.39. The second-order valence-corrected chi connectivity index (χ2v) is 4.93. The zero-order chi connectivity index (χ0) is 12.7. The summed E-state index contributed by atoms with van der Waals surface area (Å²) in [6, 6.07) is 4.84. The number of methoxy groups -OCH3 is 1. The van der Waals surface area contributed by atoms with Crippen LogP contribution in [0.4, 0.5) is 8.78 Å². The van der Waals surface area contributed by atoms with Crippen LogP contribution in [-0.2, 0) is 12.3 Å². The Hall–Kier alpha value is -1.16. The number of benzene rings is 1. The number of halogens is 2. The van der Waals surface area contributed by atoms with Gasteiger partial charge >= 0.3 is 0 Å². The van der Waals surface area contributed by atoms with Crippen molar-refractivity contribution in [1.82, 2.24) is 0 Å². The molecule has 1 fully saturated rings. The fraction of sp³-hybridized carbons (Fsp3) is 0.538. The lowest BCUT2D eigenvalue weighted by Gasteiger charge is -2.19. The van der Waals surface area contributed by atoms with Gasteiger partial charge in [-0.1, -0.05) is 12.1 Å². The van der Waals surface area contributed by atoms with E-state index in [0.29, 0.717) is 6.42 Å². The minimum Gasteiger partial charge on any atom is -0.496 e. The lowest BCUT2D eigenvalue weighted by atomic mass is 9.98. The summed E-state index contributed by atoms with van der Waals surface area (Å²) in [5.74, 6) is -2.62. The first-order chi connectivity index (χ1) is 7.86. The van der Waals surface area contributed by atoms with Gasteiger partial charge in [0.2, 0.25) is 0 Å². The maximum atomic E-state index is 13.4. The van der Waals surface area contributed by atoms with Gasteiger partial charge in [0.05, 0.1) is 12.7 Å². The standard InChI is InChI=1S/C13H17F2NO/c1-12(14,15)10-5-3-4-9(11(10)17-2)8-13(16)6-7-13/h3-5H,6-8,16H2,1-2H3. The van der Waals surface area contributed by atoms with Crippen molar-refractivity contribution >= 4 is 0 Å². The van der Waals surface area contributed by atoms with Crippen molar-refractivity contribution in [2.75, 3.05) is 7.11 Å². The van der Waals surface area contributed by atoms with Gasteiger partial charge in [-0.2, -0.15) is 0 Å². The van der Waals surface area contributed by atoms with E-state index in [-0.39, 0.29) is 16.9 Å². The van der Waals surface area contributed by atoms with Crippen LogP contribution >= 0.6 is 0 Å². The summed E-state index contributed by atoms with van der Waals surface area (Å²) in [5, 5.41) is 0. The van der Waals surface area contributed by atoms with Gasteiger partial charge in [0.25, 0.3) is 5.92 Å². The number of ether oxygens (including phenoxy) is 1. The molecule has 94 valence electrons. The van der Waals surface area contributed by atoms with Crippen molar-refractivity contribution < 1.29 is 13.5 Å². The van der Waals surface area contributed by atoms with Crippen molar-refractivity contribution in [1.29, 1.82) is 0 Å². The van der Waals surface area contributed by atoms with Crippen molar-refractivity contribution in [3.63, 3.8) is 0 Å². The Balaban J connectivity index is 2.38. The van der Waals surface area contributed by atoms with E-state index in [2.05, 4.69) is 0 Å². The van der Waals surface area contributed by atoms with Crippen LogP contribution < -0.4 is 10.5 Å². The third-order valence-corrected chi connectivity index (χ3v) is 3.21. The molecule has 0 amide bonds. The number of nitrogens with two attached hydrogens (primary N) is 1. The molecule has 0 heterocycles. The first-order valence-electron chi connectivity index (χ1n) is 5.69. The van der Waals surface area contributed by atoms with Crippen LogP contribution in [0.15, 0.2) is 18.2 Å². The van der Waals surface area contributed by atoms with Crippen molar-refractivity contribution in [3.8, 4) is 5.75 Å². The van der Waals surface area contributed by atoms with Crippen LogP contribution in [-0.4, -0.2) is 12.6 Å². The molecule has 0 aliphatic heterocycles. The lowest BCUT2D eigenvalue weighted by molar-refractivity contribution is 0.0149. The van der Waals surface area contributed by atoms with Crippen LogP contribution in [0, 0.1) is 0 Å². The molecule has 2 rings (SSSR count). The number of para-hydroxylation sites is 1. The fourth-order valence-electron chi connectivity index (χ4n) is 2.03. The molecule has 1 aromatic rings. The van der Waals surface area contributed by atoms with Gasteiger partial charge in [-0.3, -0.25) is 0 Å². The molecule has 2 nitrogen and oxygen atoms in total. The van der Waals surface area contributed by atoms with Crippen LogP contribution in [0.3, 0.4) is 0 Å². The summed E-state index contributed by atoms with van der Waals surface area (Å²) in [4.78, 5) is 0. The van der Waals surface area contributed by atoms with E-state index in [9.17, 15) is 8.78 Å². The zero-order valence-corrected chi connectivity index (χ0v) is 10.1. The quantitative estimate of drug-likeness (QED) is 0.879. The number of hydrogen-bond acceptors (Lipinski definition) is 2. The summed E-state index contributed by atoms with van der Waals surface area (Å²) in [5.41, 5.74) is 6.51. The first-order valence-corrected chi connectivity index (χ1v) is 5.69. The van der Waals surface area contributed by atoms with E-state index in [1.54, 1.807) is 12.1 Å². The molecule has 1 aromatic carbocycles. The van der Waals surface area contributed by atoms with Gasteiger partial charge < -0.3 is 10.5 Å². The summed E-state index contributed by atoms with van der Waals surface area (Å²) in [6.07, 6.45) is 2.49. The largest absolute Gasteiger partial charge is 0.496 e. The Morgan fingerprint density at radius 3 is 2.53 bits per heavy atom. The third kappa shape index (κ3) is 2.57. The highest BCUT2D eigenvalue weighted by atomic mass is 19.3. The van der Waals surface area contributed by atoms with Crippen molar-refractivity contribution in [2.45, 2.75) is 37.6 Å². The van der Waals surface area contributed by atoms with Gasteiger partial charge in [-0.25, -0.2) is 8.78 Å². The monoisotopic (exact) mass is 241 g/mol. The molecule has 0 saturated heterocycles. The van der Waals surface area contributed by atoms with Gasteiger partial charge in [0.15, 0.2) is 0 Å². The van der Waals surface area contributed by atoms with E-state index >= 15 is 0 Å². The van der Waals surface area contributed by atoms with Gasteiger partial charge in [0.1, 0.15) is 5.75 Å². The van der Waals surface area contributed by atoms with E-state index < -0.39 is 5.92 Å². The molecule has 1 aliphatic carbocycles. The predicted octanol–water partition coefficient (Wildman–Crippen LogP) is 2.84. The highest BCUT2D eigenvalue weighted by molar-refractivity contribution is 5.45. The summed E-state index contributed by atoms with van der Waals surface area (Å²) < 4.78 is 32.0. The second kappa shape index (κ2) is 3.95. The minimum absolute atomic E-state index is 0.0678. The molecule has 1 saturated carbocycles. The van der Waals surface area contributed by atoms with Crippen LogP contribution in [0.5, 0.6) is 5.75 Å². The molecule has 0 aromatic heterocycles.